The molecule has 1 heterocycles. The second kappa shape index (κ2) is 6.80. The lowest BCUT2D eigenvalue weighted by molar-refractivity contribution is 0.590. The maximum atomic E-state index is 4.25. The van der Waals surface area contributed by atoms with Gasteiger partial charge in [-0.2, -0.15) is 0 Å². The van der Waals surface area contributed by atoms with Gasteiger partial charge in [0.1, 0.15) is 0 Å². The largest absolute Gasteiger partial charge is 0.313 e. The Balaban J connectivity index is 2.27. The number of thioether (sulfide) groups is 1. The van der Waals surface area contributed by atoms with Crippen molar-refractivity contribution in [3.05, 3.63) is 18.0 Å². The van der Waals surface area contributed by atoms with E-state index in [1.54, 1.807) is 11.8 Å². The molecule has 0 aromatic carbocycles. The van der Waals surface area contributed by atoms with Gasteiger partial charge in [-0.3, -0.25) is 0 Å². The molecule has 84 valence electrons. The molecule has 1 aromatic rings. The van der Waals surface area contributed by atoms with E-state index in [2.05, 4.69) is 29.1 Å². The van der Waals surface area contributed by atoms with Gasteiger partial charge in [0.25, 0.3) is 0 Å². The molecule has 0 aliphatic heterocycles. The molecule has 1 unspecified atom stereocenters. The minimum absolute atomic E-state index is 0.514. The number of aromatic nitrogens is 2. The van der Waals surface area contributed by atoms with Crippen molar-refractivity contribution in [2.75, 3.05) is 12.3 Å². The molecule has 0 saturated carbocycles. The molecule has 0 fully saturated rings. The monoisotopic (exact) mass is 225 g/mol. The van der Waals surface area contributed by atoms with Gasteiger partial charge in [-0.25, -0.2) is 9.97 Å². The Labute approximate surface area is 96.1 Å². The van der Waals surface area contributed by atoms with Gasteiger partial charge in [0.05, 0.1) is 0 Å². The van der Waals surface area contributed by atoms with Gasteiger partial charge in [-0.05, 0) is 32.4 Å². The van der Waals surface area contributed by atoms with Crippen LogP contribution >= 0.6 is 11.8 Å². The molecule has 1 aromatic heterocycles. The van der Waals surface area contributed by atoms with Crippen LogP contribution in [0.5, 0.6) is 0 Å². The molecular formula is C11H19N3S. The summed E-state index contributed by atoms with van der Waals surface area (Å²) >= 11 is 1.70. The second-order valence-electron chi connectivity index (χ2n) is 3.71. The van der Waals surface area contributed by atoms with E-state index in [0.29, 0.717) is 6.04 Å². The Morgan fingerprint density at radius 1 is 1.40 bits per heavy atom. The summed E-state index contributed by atoms with van der Waals surface area (Å²) in [6.45, 7) is 7.45. The lowest BCUT2D eigenvalue weighted by atomic mass is 10.3. The van der Waals surface area contributed by atoms with Crippen LogP contribution < -0.4 is 5.32 Å². The van der Waals surface area contributed by atoms with Crippen molar-refractivity contribution in [1.29, 1.82) is 0 Å². The Morgan fingerprint density at radius 2 is 2.07 bits per heavy atom. The van der Waals surface area contributed by atoms with E-state index in [0.717, 1.165) is 23.0 Å². The molecular weight excluding hydrogens is 206 g/mol. The van der Waals surface area contributed by atoms with Gasteiger partial charge in [0.2, 0.25) is 0 Å². The number of aryl methyl sites for hydroxylation is 1. The lowest BCUT2D eigenvalue weighted by Gasteiger charge is -2.11. The van der Waals surface area contributed by atoms with Crippen molar-refractivity contribution >= 4 is 11.8 Å². The highest BCUT2D eigenvalue weighted by Crippen LogP contribution is 2.12. The highest BCUT2D eigenvalue weighted by Gasteiger charge is 2.03. The van der Waals surface area contributed by atoms with E-state index in [1.807, 2.05) is 19.3 Å². The third-order valence-electron chi connectivity index (χ3n) is 1.96. The zero-order valence-electron chi connectivity index (χ0n) is 9.66. The summed E-state index contributed by atoms with van der Waals surface area (Å²) in [5.41, 5.74) is 1.11. The van der Waals surface area contributed by atoms with Crippen LogP contribution in [0.1, 0.15) is 25.8 Å². The van der Waals surface area contributed by atoms with Gasteiger partial charge in [0, 0.05) is 24.2 Å². The fourth-order valence-electron chi connectivity index (χ4n) is 1.10. The zero-order valence-corrected chi connectivity index (χ0v) is 10.5. The first-order chi connectivity index (χ1) is 7.22. The Hall–Kier alpha value is -0.610. The normalized spacial score (nSPS) is 12.7. The summed E-state index contributed by atoms with van der Waals surface area (Å²) in [6.07, 6.45) is 4.90. The standard InChI is InChI=1S/C11H19N3S/c1-4-5-12-10(3)8-15-11-13-6-9(2)7-14-11/h6-7,10,12H,4-5,8H2,1-3H3. The fraction of sp³-hybridized carbons (Fsp3) is 0.636. The fourth-order valence-corrected chi connectivity index (χ4v) is 1.88. The average Bonchev–Trinajstić information content (AvgIpc) is 2.25. The van der Waals surface area contributed by atoms with Crippen LogP contribution in [0, 0.1) is 6.92 Å². The molecule has 0 radical (unpaired) electrons. The molecule has 0 aliphatic rings. The third kappa shape index (κ3) is 5.14. The first kappa shape index (κ1) is 12.5. The van der Waals surface area contributed by atoms with Gasteiger partial charge >= 0.3 is 0 Å². The molecule has 15 heavy (non-hydrogen) atoms. The molecule has 1 atom stereocenters. The van der Waals surface area contributed by atoms with Crippen LogP contribution in [0.2, 0.25) is 0 Å². The molecule has 4 heteroatoms. The van der Waals surface area contributed by atoms with Crippen LogP contribution in [-0.4, -0.2) is 28.3 Å². The van der Waals surface area contributed by atoms with Gasteiger partial charge in [0.15, 0.2) is 5.16 Å². The maximum absolute atomic E-state index is 4.25. The Bertz CT molecular complexity index is 274. The van der Waals surface area contributed by atoms with Crippen LogP contribution in [0.15, 0.2) is 17.6 Å². The molecule has 0 saturated heterocycles. The molecule has 0 bridgehead atoms. The average molecular weight is 225 g/mol. The minimum Gasteiger partial charge on any atom is -0.313 e. The van der Waals surface area contributed by atoms with E-state index >= 15 is 0 Å². The topological polar surface area (TPSA) is 37.8 Å². The zero-order chi connectivity index (χ0) is 11.1. The van der Waals surface area contributed by atoms with Crippen molar-refractivity contribution in [3.8, 4) is 0 Å². The summed E-state index contributed by atoms with van der Waals surface area (Å²) in [5, 5.41) is 4.30. The highest BCUT2D eigenvalue weighted by molar-refractivity contribution is 7.99. The van der Waals surface area contributed by atoms with E-state index in [1.165, 1.54) is 6.42 Å². The number of rotatable bonds is 6. The third-order valence-corrected chi connectivity index (χ3v) is 3.10. The summed E-state index contributed by atoms with van der Waals surface area (Å²) < 4.78 is 0. The first-order valence-electron chi connectivity index (χ1n) is 5.37. The van der Waals surface area contributed by atoms with Crippen molar-refractivity contribution in [2.24, 2.45) is 0 Å². The SMILES string of the molecule is CCCNC(C)CSc1ncc(C)cn1. The minimum atomic E-state index is 0.514. The quantitative estimate of drug-likeness (QED) is 0.595. The van der Waals surface area contributed by atoms with Crippen molar-refractivity contribution < 1.29 is 0 Å². The summed E-state index contributed by atoms with van der Waals surface area (Å²) in [6, 6.07) is 0.514. The summed E-state index contributed by atoms with van der Waals surface area (Å²) in [7, 11) is 0. The second-order valence-corrected chi connectivity index (χ2v) is 4.70. The highest BCUT2D eigenvalue weighted by atomic mass is 32.2. The summed E-state index contributed by atoms with van der Waals surface area (Å²) in [4.78, 5) is 8.51. The predicted octanol–water partition coefficient (Wildman–Crippen LogP) is 2.27. The Morgan fingerprint density at radius 3 is 2.67 bits per heavy atom. The number of nitrogens with one attached hydrogen (secondary N) is 1. The van der Waals surface area contributed by atoms with Crippen LogP contribution in [0.3, 0.4) is 0 Å². The smallest absolute Gasteiger partial charge is 0.187 e. The van der Waals surface area contributed by atoms with Gasteiger partial charge < -0.3 is 5.32 Å². The first-order valence-corrected chi connectivity index (χ1v) is 6.35. The number of nitrogens with zero attached hydrogens (tertiary/aromatic N) is 2. The van der Waals surface area contributed by atoms with Gasteiger partial charge in [-0.15, -0.1) is 0 Å². The number of hydrogen-bond donors (Lipinski definition) is 1. The van der Waals surface area contributed by atoms with Crippen LogP contribution in [-0.2, 0) is 0 Å². The molecule has 1 N–H and O–H groups in total. The molecule has 3 nitrogen and oxygen atoms in total. The van der Waals surface area contributed by atoms with Crippen molar-refractivity contribution in [2.45, 2.75) is 38.4 Å². The maximum Gasteiger partial charge on any atom is 0.187 e. The van der Waals surface area contributed by atoms with Crippen molar-refractivity contribution in [3.63, 3.8) is 0 Å². The molecule has 1 rings (SSSR count). The van der Waals surface area contributed by atoms with Crippen LogP contribution in [0.25, 0.3) is 0 Å². The van der Waals surface area contributed by atoms with E-state index in [9.17, 15) is 0 Å². The van der Waals surface area contributed by atoms with E-state index in [4.69, 9.17) is 0 Å². The summed E-state index contributed by atoms with van der Waals surface area (Å²) in [5.74, 6) is 1.02. The van der Waals surface area contributed by atoms with E-state index in [-0.39, 0.29) is 0 Å². The van der Waals surface area contributed by atoms with Crippen molar-refractivity contribution in [1.82, 2.24) is 15.3 Å². The van der Waals surface area contributed by atoms with E-state index < -0.39 is 0 Å². The Kier molecular flexibility index (Phi) is 5.65. The van der Waals surface area contributed by atoms with Crippen LogP contribution in [0.4, 0.5) is 0 Å². The molecule has 0 spiro atoms. The molecule has 0 aliphatic carbocycles. The van der Waals surface area contributed by atoms with Gasteiger partial charge in [-0.1, -0.05) is 18.7 Å². The number of hydrogen-bond acceptors (Lipinski definition) is 4. The lowest BCUT2D eigenvalue weighted by Crippen LogP contribution is -2.28. The molecule has 0 amide bonds. The predicted molar refractivity (Wildman–Crippen MR) is 65.2 cm³/mol.